The number of aryl methyl sites for hydroxylation is 1. The summed E-state index contributed by atoms with van der Waals surface area (Å²) < 4.78 is 0. The van der Waals surface area contributed by atoms with E-state index in [2.05, 4.69) is 35.3 Å². The zero-order valence-corrected chi connectivity index (χ0v) is 17.8. The Hall–Kier alpha value is -2.66. The van der Waals surface area contributed by atoms with E-state index in [4.69, 9.17) is 0 Å². The van der Waals surface area contributed by atoms with Gasteiger partial charge < -0.3 is 10.2 Å². The van der Waals surface area contributed by atoms with Gasteiger partial charge in [0.2, 0.25) is 11.8 Å². The van der Waals surface area contributed by atoms with E-state index in [1.54, 1.807) is 0 Å². The second kappa shape index (κ2) is 9.43. The molecule has 0 radical (unpaired) electrons. The van der Waals surface area contributed by atoms with Crippen molar-refractivity contribution in [2.24, 2.45) is 0 Å². The molecule has 5 heteroatoms. The summed E-state index contributed by atoms with van der Waals surface area (Å²) in [5, 5.41) is 3.04. The first-order valence-corrected chi connectivity index (χ1v) is 11.1. The molecule has 5 nitrogen and oxygen atoms in total. The van der Waals surface area contributed by atoms with Crippen LogP contribution >= 0.6 is 0 Å². The number of nitrogens with one attached hydrogen (secondary N) is 1. The summed E-state index contributed by atoms with van der Waals surface area (Å²) in [6, 6.07) is 15.9. The van der Waals surface area contributed by atoms with Gasteiger partial charge in [0, 0.05) is 26.2 Å². The molecule has 1 fully saturated rings. The van der Waals surface area contributed by atoms with Gasteiger partial charge >= 0.3 is 0 Å². The highest BCUT2D eigenvalue weighted by Gasteiger charge is 2.36. The Bertz CT molecular complexity index is 905. The van der Waals surface area contributed by atoms with Crippen molar-refractivity contribution in [3.05, 3.63) is 70.8 Å². The summed E-state index contributed by atoms with van der Waals surface area (Å²) in [6.45, 7) is 5.18. The molecule has 0 aliphatic carbocycles. The van der Waals surface area contributed by atoms with Crippen molar-refractivity contribution in [3.63, 3.8) is 0 Å². The molecule has 0 saturated carbocycles. The minimum absolute atomic E-state index is 0.0333. The highest BCUT2D eigenvalue weighted by molar-refractivity contribution is 5.85. The number of amides is 2. The van der Waals surface area contributed by atoms with Gasteiger partial charge in [0.25, 0.3) is 0 Å². The fourth-order valence-corrected chi connectivity index (χ4v) is 4.61. The zero-order chi connectivity index (χ0) is 20.9. The molecule has 1 atom stereocenters. The fourth-order valence-electron chi connectivity index (χ4n) is 4.61. The number of carbonyl (C=O) groups is 2. The molecule has 2 aromatic rings. The van der Waals surface area contributed by atoms with Gasteiger partial charge in [-0.25, -0.2) is 0 Å². The molecule has 0 unspecified atom stereocenters. The second-order valence-electron chi connectivity index (χ2n) is 8.41. The van der Waals surface area contributed by atoms with Crippen LogP contribution in [-0.4, -0.2) is 47.8 Å². The molecule has 158 valence electrons. The number of piperidine rings is 1. The van der Waals surface area contributed by atoms with E-state index in [0.717, 1.165) is 50.0 Å². The first kappa shape index (κ1) is 20.6. The van der Waals surface area contributed by atoms with Gasteiger partial charge in [0.15, 0.2) is 0 Å². The van der Waals surface area contributed by atoms with E-state index >= 15 is 0 Å². The van der Waals surface area contributed by atoms with Crippen molar-refractivity contribution in [2.75, 3.05) is 26.2 Å². The van der Waals surface area contributed by atoms with Crippen molar-refractivity contribution in [3.8, 4) is 0 Å². The first-order valence-electron chi connectivity index (χ1n) is 11.1. The Labute approximate surface area is 179 Å². The second-order valence-corrected chi connectivity index (χ2v) is 8.41. The molecule has 30 heavy (non-hydrogen) atoms. The molecule has 2 aliphatic heterocycles. The third-order valence-electron chi connectivity index (χ3n) is 6.37. The van der Waals surface area contributed by atoms with E-state index in [1.165, 1.54) is 17.5 Å². The lowest BCUT2D eigenvalue weighted by atomic mass is 9.91. The summed E-state index contributed by atoms with van der Waals surface area (Å²) in [5.41, 5.74) is 4.58. The zero-order valence-electron chi connectivity index (χ0n) is 17.8. The van der Waals surface area contributed by atoms with Gasteiger partial charge in [-0.1, -0.05) is 48.5 Å². The number of rotatable bonds is 5. The number of likely N-dealkylation sites (tertiary alicyclic amines) is 1. The van der Waals surface area contributed by atoms with Crippen molar-refractivity contribution in [1.29, 1.82) is 0 Å². The molecule has 2 aliphatic rings. The van der Waals surface area contributed by atoms with E-state index in [-0.39, 0.29) is 24.4 Å². The number of hydrogen-bond donors (Lipinski definition) is 1. The van der Waals surface area contributed by atoms with Crippen LogP contribution in [0.25, 0.3) is 0 Å². The predicted octanol–water partition coefficient (Wildman–Crippen LogP) is 3.22. The number of hydrogen-bond acceptors (Lipinski definition) is 3. The third kappa shape index (κ3) is 4.57. The maximum atomic E-state index is 13.5. The highest BCUT2D eigenvalue weighted by atomic mass is 16.2. The van der Waals surface area contributed by atoms with Crippen LogP contribution < -0.4 is 5.32 Å². The molecule has 2 aromatic carbocycles. The van der Waals surface area contributed by atoms with Gasteiger partial charge in [0.05, 0.1) is 6.54 Å². The third-order valence-corrected chi connectivity index (χ3v) is 6.37. The number of benzene rings is 2. The molecule has 0 aromatic heterocycles. The van der Waals surface area contributed by atoms with Crippen LogP contribution in [0, 0.1) is 6.92 Å². The average molecular weight is 406 g/mol. The van der Waals surface area contributed by atoms with Crippen LogP contribution in [0.3, 0.4) is 0 Å². The van der Waals surface area contributed by atoms with E-state index in [9.17, 15) is 9.59 Å². The number of fused-ring (bicyclic) bond motifs is 1. The molecule has 2 amide bonds. The Balaban J connectivity index is 1.48. The Morgan fingerprint density at radius 3 is 2.50 bits per heavy atom. The smallest absolute Gasteiger partial charge is 0.244 e. The number of nitrogens with zero attached hydrogens (tertiary/aromatic N) is 2. The summed E-state index contributed by atoms with van der Waals surface area (Å²) in [4.78, 5) is 30.3. The molecular formula is C25H31N3O2. The quantitative estimate of drug-likeness (QED) is 0.831. The van der Waals surface area contributed by atoms with Gasteiger partial charge in [-0.3, -0.25) is 14.5 Å². The van der Waals surface area contributed by atoms with Crippen LogP contribution in [0.4, 0.5) is 0 Å². The molecule has 2 heterocycles. The van der Waals surface area contributed by atoms with Crippen LogP contribution in [0.2, 0.25) is 0 Å². The first-order chi connectivity index (χ1) is 14.6. The Kier molecular flexibility index (Phi) is 6.48. The van der Waals surface area contributed by atoms with Crippen LogP contribution in [0.15, 0.2) is 48.5 Å². The molecule has 0 bridgehead atoms. The normalized spacial score (nSPS) is 19.2. The standard InChI is InChI=1S/C25H31N3O2/c1-19-9-3-4-11-21(19)17-26-23(29)18-28-16-13-20-10-5-6-12-22(20)24(28)25(30)27-14-7-2-8-15-27/h3-6,9-12,24H,2,7-8,13-18H2,1H3,(H,26,29)/t24-/m0/s1. The lowest BCUT2D eigenvalue weighted by Gasteiger charge is -2.39. The van der Waals surface area contributed by atoms with E-state index < -0.39 is 0 Å². The topological polar surface area (TPSA) is 52.7 Å². The maximum absolute atomic E-state index is 13.5. The minimum Gasteiger partial charge on any atom is -0.351 e. The van der Waals surface area contributed by atoms with Crippen LogP contribution in [-0.2, 0) is 22.6 Å². The van der Waals surface area contributed by atoms with Gasteiger partial charge in [0.1, 0.15) is 6.04 Å². The lowest BCUT2D eigenvalue weighted by molar-refractivity contribution is -0.139. The molecular weight excluding hydrogens is 374 g/mol. The van der Waals surface area contributed by atoms with E-state index in [1.807, 2.05) is 35.2 Å². The predicted molar refractivity (Wildman–Crippen MR) is 118 cm³/mol. The van der Waals surface area contributed by atoms with E-state index in [0.29, 0.717) is 6.54 Å². The maximum Gasteiger partial charge on any atom is 0.244 e. The summed E-state index contributed by atoms with van der Waals surface area (Å²) in [6.07, 6.45) is 4.19. The highest BCUT2D eigenvalue weighted by Crippen LogP contribution is 2.32. The summed E-state index contributed by atoms with van der Waals surface area (Å²) >= 11 is 0. The van der Waals surface area contributed by atoms with Gasteiger partial charge in [-0.05, 0) is 54.9 Å². The molecule has 1 saturated heterocycles. The SMILES string of the molecule is Cc1ccccc1CNC(=O)CN1CCc2ccccc2[C@H]1C(=O)N1CCCCC1. The number of carbonyl (C=O) groups excluding carboxylic acids is 2. The molecule has 0 spiro atoms. The fraction of sp³-hybridized carbons (Fsp3) is 0.440. The van der Waals surface area contributed by atoms with Crippen LogP contribution in [0.5, 0.6) is 0 Å². The van der Waals surface area contributed by atoms with Crippen molar-refractivity contribution >= 4 is 11.8 Å². The Morgan fingerprint density at radius 2 is 1.70 bits per heavy atom. The summed E-state index contributed by atoms with van der Waals surface area (Å²) in [5.74, 6) is 0.114. The van der Waals surface area contributed by atoms with Crippen LogP contribution in [0.1, 0.15) is 47.6 Å². The average Bonchev–Trinajstić information content (AvgIpc) is 2.78. The van der Waals surface area contributed by atoms with Crippen molar-refractivity contribution in [1.82, 2.24) is 15.1 Å². The largest absolute Gasteiger partial charge is 0.351 e. The molecule has 1 N–H and O–H groups in total. The monoisotopic (exact) mass is 405 g/mol. The van der Waals surface area contributed by atoms with Gasteiger partial charge in [-0.15, -0.1) is 0 Å². The molecule has 4 rings (SSSR count). The Morgan fingerprint density at radius 1 is 0.967 bits per heavy atom. The van der Waals surface area contributed by atoms with Crippen molar-refractivity contribution < 1.29 is 9.59 Å². The lowest BCUT2D eigenvalue weighted by Crippen LogP contribution is -2.50. The summed E-state index contributed by atoms with van der Waals surface area (Å²) in [7, 11) is 0. The van der Waals surface area contributed by atoms with Gasteiger partial charge in [-0.2, -0.15) is 0 Å². The minimum atomic E-state index is -0.364. The van der Waals surface area contributed by atoms with Crippen molar-refractivity contribution in [2.45, 2.75) is 45.2 Å².